The molecular formula is C18H25NO4. The minimum Gasteiger partial charge on any atom is -0.493 e. The Balaban J connectivity index is 1.71. The Morgan fingerprint density at radius 1 is 1.13 bits per heavy atom. The van der Waals surface area contributed by atoms with E-state index in [1.165, 1.54) is 23.3 Å². The Kier molecular flexibility index (Phi) is 4.94. The minimum absolute atomic E-state index is 0.299. The number of hydrogen-bond acceptors (Lipinski definition) is 3. The van der Waals surface area contributed by atoms with Gasteiger partial charge < -0.3 is 19.5 Å². The third-order valence-electron chi connectivity index (χ3n) is 5.02. The van der Waals surface area contributed by atoms with E-state index in [0.29, 0.717) is 25.1 Å². The lowest BCUT2D eigenvalue weighted by molar-refractivity contribution is 0.132. The van der Waals surface area contributed by atoms with Gasteiger partial charge in [-0.1, -0.05) is 6.07 Å². The third kappa shape index (κ3) is 3.71. The molecule has 1 saturated carbocycles. The zero-order chi connectivity index (χ0) is 16.2. The molecule has 126 valence electrons. The molecule has 1 amide bonds. The fraction of sp³-hybridized carbons (Fsp3) is 0.611. The van der Waals surface area contributed by atoms with Gasteiger partial charge in [-0.15, -0.1) is 0 Å². The summed E-state index contributed by atoms with van der Waals surface area (Å²) in [5.74, 6) is 2.00. The van der Waals surface area contributed by atoms with Crippen LogP contribution in [0.2, 0.25) is 0 Å². The second kappa shape index (κ2) is 7.11. The van der Waals surface area contributed by atoms with E-state index < -0.39 is 6.09 Å². The van der Waals surface area contributed by atoms with Gasteiger partial charge in [0.05, 0.1) is 13.2 Å². The minimum atomic E-state index is -0.816. The number of benzene rings is 1. The molecule has 1 heterocycles. The Hall–Kier alpha value is -1.91. The Labute approximate surface area is 137 Å². The van der Waals surface area contributed by atoms with Crippen LogP contribution >= 0.6 is 0 Å². The lowest BCUT2D eigenvalue weighted by atomic mass is 9.89. The number of ether oxygens (including phenoxy) is 2. The maximum atomic E-state index is 11.0. The smallest absolute Gasteiger partial charge is 0.407 e. The summed E-state index contributed by atoms with van der Waals surface area (Å²) in [6, 6.07) is 6.16. The van der Waals surface area contributed by atoms with Crippen molar-refractivity contribution >= 4 is 6.09 Å². The van der Waals surface area contributed by atoms with Crippen LogP contribution in [0.15, 0.2) is 18.2 Å². The largest absolute Gasteiger partial charge is 0.493 e. The van der Waals surface area contributed by atoms with Crippen LogP contribution in [0.25, 0.3) is 0 Å². The van der Waals surface area contributed by atoms with E-state index in [0.717, 1.165) is 37.2 Å². The number of amides is 1. The van der Waals surface area contributed by atoms with E-state index in [1.54, 1.807) is 7.11 Å². The van der Waals surface area contributed by atoms with Gasteiger partial charge in [-0.25, -0.2) is 4.79 Å². The predicted molar refractivity (Wildman–Crippen MR) is 87.5 cm³/mol. The van der Waals surface area contributed by atoms with E-state index in [2.05, 4.69) is 12.1 Å². The summed E-state index contributed by atoms with van der Waals surface area (Å²) >= 11 is 0. The maximum Gasteiger partial charge on any atom is 0.407 e. The van der Waals surface area contributed by atoms with Crippen LogP contribution in [0.5, 0.6) is 11.5 Å². The normalized spacial score (nSPS) is 19.8. The predicted octanol–water partition coefficient (Wildman–Crippen LogP) is 3.87. The number of rotatable bonds is 4. The number of nitrogens with zero attached hydrogens (tertiary/aromatic N) is 1. The zero-order valence-electron chi connectivity index (χ0n) is 13.7. The lowest BCUT2D eigenvalue weighted by Crippen LogP contribution is -2.36. The van der Waals surface area contributed by atoms with Gasteiger partial charge in [-0.3, -0.25) is 0 Å². The molecule has 5 heteroatoms. The molecule has 1 N–H and O–H groups in total. The van der Waals surface area contributed by atoms with Crippen molar-refractivity contribution in [3.8, 4) is 11.5 Å². The summed E-state index contributed by atoms with van der Waals surface area (Å²) in [4.78, 5) is 12.5. The molecule has 1 aliphatic heterocycles. The van der Waals surface area contributed by atoms with Crippen molar-refractivity contribution in [3.05, 3.63) is 23.8 Å². The number of likely N-dealkylation sites (tertiary alicyclic amines) is 1. The van der Waals surface area contributed by atoms with E-state index in [4.69, 9.17) is 14.6 Å². The molecule has 1 aromatic carbocycles. The van der Waals surface area contributed by atoms with Crippen molar-refractivity contribution in [3.63, 3.8) is 0 Å². The molecule has 2 fully saturated rings. The molecule has 23 heavy (non-hydrogen) atoms. The molecule has 1 aliphatic carbocycles. The average Bonchev–Trinajstić information content (AvgIpc) is 3.08. The highest BCUT2D eigenvalue weighted by Gasteiger charge is 2.25. The molecule has 0 atom stereocenters. The van der Waals surface area contributed by atoms with Gasteiger partial charge in [-0.05, 0) is 62.1 Å². The highest BCUT2D eigenvalue weighted by Crippen LogP contribution is 2.36. The highest BCUT2D eigenvalue weighted by molar-refractivity contribution is 5.65. The number of piperidine rings is 1. The summed E-state index contributed by atoms with van der Waals surface area (Å²) in [7, 11) is 1.67. The van der Waals surface area contributed by atoms with Crippen LogP contribution in [-0.2, 0) is 0 Å². The second-order valence-electron chi connectivity index (χ2n) is 6.48. The van der Waals surface area contributed by atoms with Gasteiger partial charge in [0.15, 0.2) is 11.5 Å². The first-order valence-electron chi connectivity index (χ1n) is 8.50. The van der Waals surface area contributed by atoms with Crippen LogP contribution in [0, 0.1) is 0 Å². The van der Waals surface area contributed by atoms with Gasteiger partial charge in [-0.2, -0.15) is 0 Å². The van der Waals surface area contributed by atoms with Crippen LogP contribution in [-0.4, -0.2) is 42.4 Å². The van der Waals surface area contributed by atoms with E-state index in [1.807, 2.05) is 6.07 Å². The van der Waals surface area contributed by atoms with Gasteiger partial charge in [0.2, 0.25) is 0 Å². The SMILES string of the molecule is COc1ccc(C2CCN(C(=O)O)CC2)cc1OC1CCCC1. The van der Waals surface area contributed by atoms with Gasteiger partial charge >= 0.3 is 6.09 Å². The first kappa shape index (κ1) is 16.0. The van der Waals surface area contributed by atoms with Crippen molar-refractivity contribution < 1.29 is 19.4 Å². The average molecular weight is 319 g/mol. The van der Waals surface area contributed by atoms with Crippen LogP contribution in [0.4, 0.5) is 4.79 Å². The summed E-state index contributed by atoms with van der Waals surface area (Å²) in [5, 5.41) is 9.06. The Morgan fingerprint density at radius 3 is 2.43 bits per heavy atom. The Morgan fingerprint density at radius 2 is 1.83 bits per heavy atom. The first-order chi connectivity index (χ1) is 11.2. The number of carbonyl (C=O) groups is 1. The summed E-state index contributed by atoms with van der Waals surface area (Å²) < 4.78 is 11.6. The van der Waals surface area contributed by atoms with Crippen molar-refractivity contribution in [1.82, 2.24) is 4.90 Å². The Bertz CT molecular complexity index is 546. The molecule has 0 aromatic heterocycles. The maximum absolute atomic E-state index is 11.0. The third-order valence-corrected chi connectivity index (χ3v) is 5.02. The van der Waals surface area contributed by atoms with Crippen LogP contribution in [0.1, 0.15) is 50.0 Å². The molecule has 3 rings (SSSR count). The molecule has 5 nitrogen and oxygen atoms in total. The first-order valence-corrected chi connectivity index (χ1v) is 8.50. The fourth-order valence-corrected chi connectivity index (χ4v) is 3.63. The molecule has 1 aromatic rings. The number of carboxylic acid groups (broad SMARTS) is 1. The molecule has 0 spiro atoms. The molecule has 0 radical (unpaired) electrons. The summed E-state index contributed by atoms with van der Waals surface area (Å²) in [6.45, 7) is 1.20. The van der Waals surface area contributed by atoms with Gasteiger partial charge in [0, 0.05) is 13.1 Å². The lowest BCUT2D eigenvalue weighted by Gasteiger charge is -2.30. The van der Waals surface area contributed by atoms with E-state index in [-0.39, 0.29) is 0 Å². The molecule has 1 saturated heterocycles. The van der Waals surface area contributed by atoms with Gasteiger partial charge in [0.1, 0.15) is 0 Å². The quantitative estimate of drug-likeness (QED) is 0.915. The van der Waals surface area contributed by atoms with Crippen LogP contribution in [0.3, 0.4) is 0 Å². The zero-order valence-corrected chi connectivity index (χ0v) is 13.7. The molecule has 0 unspecified atom stereocenters. The summed E-state index contributed by atoms with van der Waals surface area (Å²) in [6.07, 6.45) is 5.91. The fourth-order valence-electron chi connectivity index (χ4n) is 3.63. The molecular weight excluding hydrogens is 294 g/mol. The number of hydrogen-bond donors (Lipinski definition) is 1. The summed E-state index contributed by atoms with van der Waals surface area (Å²) in [5.41, 5.74) is 1.23. The number of methoxy groups -OCH3 is 1. The molecule has 2 aliphatic rings. The van der Waals surface area contributed by atoms with Crippen molar-refractivity contribution in [2.24, 2.45) is 0 Å². The van der Waals surface area contributed by atoms with Crippen molar-refractivity contribution in [2.75, 3.05) is 20.2 Å². The standard InChI is InChI=1S/C18H25NO4/c1-22-16-7-6-14(12-17(16)23-15-4-2-3-5-15)13-8-10-19(11-9-13)18(20)21/h6-7,12-13,15H,2-5,8-11H2,1H3,(H,20,21). The highest BCUT2D eigenvalue weighted by atomic mass is 16.5. The monoisotopic (exact) mass is 319 g/mol. The second-order valence-corrected chi connectivity index (χ2v) is 6.48. The van der Waals surface area contributed by atoms with Crippen LogP contribution < -0.4 is 9.47 Å². The molecule has 0 bridgehead atoms. The van der Waals surface area contributed by atoms with E-state index in [9.17, 15) is 4.79 Å². The van der Waals surface area contributed by atoms with Crippen molar-refractivity contribution in [1.29, 1.82) is 0 Å². The van der Waals surface area contributed by atoms with Crippen molar-refractivity contribution in [2.45, 2.75) is 50.5 Å². The van der Waals surface area contributed by atoms with Gasteiger partial charge in [0.25, 0.3) is 0 Å². The topological polar surface area (TPSA) is 59.0 Å². The van der Waals surface area contributed by atoms with E-state index >= 15 is 0 Å².